The summed E-state index contributed by atoms with van der Waals surface area (Å²) in [6.07, 6.45) is 0. The van der Waals surface area contributed by atoms with Crippen molar-refractivity contribution in [3.63, 3.8) is 0 Å². The van der Waals surface area contributed by atoms with Crippen LogP contribution in [-0.2, 0) is 0 Å². The lowest BCUT2D eigenvalue weighted by atomic mass is 9.98. The van der Waals surface area contributed by atoms with Gasteiger partial charge in [0.15, 0.2) is 0 Å². The largest absolute Gasteiger partial charge is 0.309 e. The maximum atomic E-state index is 6.34. The van der Waals surface area contributed by atoms with Gasteiger partial charge in [-0.2, -0.15) is 0 Å². The maximum Gasteiger partial charge on any atom is 0.0603 e. The number of halogens is 2. The number of rotatable bonds is 3. The summed E-state index contributed by atoms with van der Waals surface area (Å²) in [5.41, 5.74) is 2.24. The molecule has 102 valence electrons. The Bertz CT molecular complexity index is 751. The summed E-state index contributed by atoms with van der Waals surface area (Å²) < 4.78 is 1.28. The number of nitrogens with one attached hydrogen (secondary N) is 1. The first kappa shape index (κ1) is 13.9. The summed E-state index contributed by atoms with van der Waals surface area (Å²) in [4.78, 5) is 0. The molecule has 1 atom stereocenters. The van der Waals surface area contributed by atoms with Crippen molar-refractivity contribution < 1.29 is 0 Å². The van der Waals surface area contributed by atoms with Gasteiger partial charge in [-0.15, -0.1) is 11.3 Å². The molecule has 20 heavy (non-hydrogen) atoms. The second kappa shape index (κ2) is 5.74. The Morgan fingerprint density at radius 2 is 1.85 bits per heavy atom. The monoisotopic (exact) mass is 321 g/mol. The number of thiophene rings is 1. The second-order valence-electron chi connectivity index (χ2n) is 4.57. The zero-order valence-corrected chi connectivity index (χ0v) is 13.2. The third kappa shape index (κ3) is 2.45. The lowest BCUT2D eigenvalue weighted by Crippen LogP contribution is -2.17. The third-order valence-electron chi connectivity index (χ3n) is 3.38. The number of fused-ring (bicyclic) bond motifs is 1. The molecule has 1 nitrogen and oxygen atoms in total. The molecule has 1 N–H and O–H groups in total. The predicted octanol–water partition coefficient (Wildman–Crippen LogP) is 5.52. The van der Waals surface area contributed by atoms with Gasteiger partial charge in [0.05, 0.1) is 6.04 Å². The molecule has 1 aromatic heterocycles. The van der Waals surface area contributed by atoms with E-state index >= 15 is 0 Å². The lowest BCUT2D eigenvalue weighted by Gasteiger charge is -2.18. The zero-order chi connectivity index (χ0) is 14.1. The predicted molar refractivity (Wildman–Crippen MR) is 89.2 cm³/mol. The molecule has 2 aromatic carbocycles. The molecule has 3 aromatic rings. The van der Waals surface area contributed by atoms with Gasteiger partial charge in [0, 0.05) is 14.7 Å². The van der Waals surface area contributed by atoms with E-state index in [0.29, 0.717) is 5.02 Å². The van der Waals surface area contributed by atoms with Crippen molar-refractivity contribution in [1.29, 1.82) is 0 Å². The Morgan fingerprint density at radius 1 is 1.05 bits per heavy atom. The minimum absolute atomic E-state index is 0.0392. The average Bonchev–Trinajstić information content (AvgIpc) is 2.88. The average molecular weight is 322 g/mol. The molecule has 0 aliphatic carbocycles. The van der Waals surface area contributed by atoms with Gasteiger partial charge in [-0.1, -0.05) is 41.4 Å². The minimum atomic E-state index is 0.0392. The van der Waals surface area contributed by atoms with E-state index in [4.69, 9.17) is 23.2 Å². The molecule has 0 aliphatic heterocycles. The summed E-state index contributed by atoms with van der Waals surface area (Å²) in [6, 6.07) is 14.0. The van der Waals surface area contributed by atoms with Crippen molar-refractivity contribution in [1.82, 2.24) is 5.32 Å². The van der Waals surface area contributed by atoms with Gasteiger partial charge >= 0.3 is 0 Å². The smallest absolute Gasteiger partial charge is 0.0603 e. The molecule has 0 saturated carbocycles. The fraction of sp³-hybridized carbons (Fsp3) is 0.125. The minimum Gasteiger partial charge on any atom is -0.309 e. The second-order valence-corrected chi connectivity index (χ2v) is 6.33. The van der Waals surface area contributed by atoms with Crippen LogP contribution >= 0.6 is 34.5 Å². The topological polar surface area (TPSA) is 12.0 Å². The first-order valence-electron chi connectivity index (χ1n) is 6.29. The van der Waals surface area contributed by atoms with E-state index in [1.54, 1.807) is 11.3 Å². The van der Waals surface area contributed by atoms with E-state index in [1.807, 2.05) is 25.2 Å². The maximum absolute atomic E-state index is 6.34. The van der Waals surface area contributed by atoms with Crippen LogP contribution in [0.1, 0.15) is 17.2 Å². The molecule has 0 spiro atoms. The Labute approximate surface area is 132 Å². The van der Waals surface area contributed by atoms with Crippen molar-refractivity contribution in [3.05, 3.63) is 69.0 Å². The highest BCUT2D eigenvalue weighted by Gasteiger charge is 2.19. The van der Waals surface area contributed by atoms with Crippen molar-refractivity contribution in [2.45, 2.75) is 6.04 Å². The number of benzene rings is 2. The van der Waals surface area contributed by atoms with Crippen LogP contribution in [0, 0.1) is 0 Å². The lowest BCUT2D eigenvalue weighted by molar-refractivity contribution is 0.699. The van der Waals surface area contributed by atoms with Crippen LogP contribution in [0.25, 0.3) is 10.1 Å². The van der Waals surface area contributed by atoms with Crippen LogP contribution in [0.3, 0.4) is 0 Å². The standard InChI is InChI=1S/C16H13Cl2NS/c1-19-16(12-8-10(17)6-7-14(12)18)13-9-20-15-5-3-2-4-11(13)15/h2-9,16,19H,1H3. The van der Waals surface area contributed by atoms with E-state index in [-0.39, 0.29) is 6.04 Å². The quantitative estimate of drug-likeness (QED) is 0.670. The Kier molecular flexibility index (Phi) is 3.99. The van der Waals surface area contributed by atoms with E-state index in [2.05, 4.69) is 35.0 Å². The Hall–Kier alpha value is -1.06. The molecule has 3 rings (SSSR count). The molecule has 0 amide bonds. The molecule has 0 radical (unpaired) electrons. The van der Waals surface area contributed by atoms with Gasteiger partial charge in [-0.05, 0) is 53.2 Å². The van der Waals surface area contributed by atoms with Crippen LogP contribution in [-0.4, -0.2) is 7.05 Å². The van der Waals surface area contributed by atoms with Crippen LogP contribution in [0.4, 0.5) is 0 Å². The van der Waals surface area contributed by atoms with Crippen molar-refractivity contribution >= 4 is 44.6 Å². The molecule has 0 bridgehead atoms. The fourth-order valence-corrected chi connectivity index (χ4v) is 3.83. The summed E-state index contributed by atoms with van der Waals surface area (Å²) in [7, 11) is 1.94. The number of hydrogen-bond acceptors (Lipinski definition) is 2. The normalized spacial score (nSPS) is 12.8. The first-order chi connectivity index (χ1) is 9.70. The number of hydrogen-bond donors (Lipinski definition) is 1. The first-order valence-corrected chi connectivity index (χ1v) is 7.92. The molecule has 0 saturated heterocycles. The Morgan fingerprint density at radius 3 is 2.65 bits per heavy atom. The van der Waals surface area contributed by atoms with Crippen LogP contribution < -0.4 is 5.32 Å². The highest BCUT2D eigenvalue weighted by Crippen LogP contribution is 2.36. The van der Waals surface area contributed by atoms with Gasteiger partial charge in [0.1, 0.15) is 0 Å². The molecule has 1 heterocycles. The fourth-order valence-electron chi connectivity index (χ4n) is 2.44. The van der Waals surface area contributed by atoms with Crippen LogP contribution in [0.15, 0.2) is 47.8 Å². The van der Waals surface area contributed by atoms with E-state index < -0.39 is 0 Å². The highest BCUT2D eigenvalue weighted by atomic mass is 35.5. The van der Waals surface area contributed by atoms with Crippen molar-refractivity contribution in [2.24, 2.45) is 0 Å². The SMILES string of the molecule is CNC(c1cc(Cl)ccc1Cl)c1csc2ccccc12. The summed E-state index contributed by atoms with van der Waals surface area (Å²) >= 11 is 14.2. The van der Waals surface area contributed by atoms with E-state index in [9.17, 15) is 0 Å². The van der Waals surface area contributed by atoms with Crippen LogP contribution in [0.2, 0.25) is 10.0 Å². The summed E-state index contributed by atoms with van der Waals surface area (Å²) in [6.45, 7) is 0. The summed E-state index contributed by atoms with van der Waals surface area (Å²) in [5.74, 6) is 0. The molecule has 0 fully saturated rings. The van der Waals surface area contributed by atoms with Gasteiger partial charge in [-0.3, -0.25) is 0 Å². The van der Waals surface area contributed by atoms with E-state index in [1.165, 1.54) is 15.6 Å². The zero-order valence-electron chi connectivity index (χ0n) is 10.9. The summed E-state index contributed by atoms with van der Waals surface area (Å²) in [5, 5.41) is 8.21. The van der Waals surface area contributed by atoms with Gasteiger partial charge < -0.3 is 5.32 Å². The molecule has 1 unspecified atom stereocenters. The van der Waals surface area contributed by atoms with Gasteiger partial charge in [-0.25, -0.2) is 0 Å². The van der Waals surface area contributed by atoms with Crippen molar-refractivity contribution in [3.8, 4) is 0 Å². The molecule has 4 heteroatoms. The van der Waals surface area contributed by atoms with E-state index in [0.717, 1.165) is 10.6 Å². The third-order valence-corrected chi connectivity index (χ3v) is 4.94. The molecular formula is C16H13Cl2NS. The van der Waals surface area contributed by atoms with Crippen molar-refractivity contribution in [2.75, 3.05) is 7.05 Å². The Balaban J connectivity index is 2.16. The van der Waals surface area contributed by atoms with Gasteiger partial charge in [0.25, 0.3) is 0 Å². The highest BCUT2D eigenvalue weighted by molar-refractivity contribution is 7.17. The van der Waals surface area contributed by atoms with Gasteiger partial charge in [0.2, 0.25) is 0 Å². The molecular weight excluding hydrogens is 309 g/mol. The van der Waals surface area contributed by atoms with Crippen LogP contribution in [0.5, 0.6) is 0 Å². The molecule has 0 aliphatic rings.